The van der Waals surface area contributed by atoms with E-state index in [1.807, 2.05) is 26.8 Å². The standard InChI is InChI=1S/C34H46O7/c1-27(2)23-8-9-32(7)25(30(23,5)18-24(38)34(27)33(19-36,41-34)14-15-35)22(37)16-20-21-17-29(4,26(39)40)11-10-28(21,3)12-13-31(20,32)6/h15-16,19,21,23,25H,8-14,17-18H2,1-7H3,(H,39,40)/t21-,23?,25?,28-,29+,30+,31-,32-,33?,34+/m1/s1. The van der Waals surface area contributed by atoms with Crippen molar-refractivity contribution in [3.8, 4) is 0 Å². The molecule has 41 heavy (non-hydrogen) atoms. The maximum atomic E-state index is 14.5. The molecule has 6 aliphatic rings. The van der Waals surface area contributed by atoms with Gasteiger partial charge in [0, 0.05) is 24.2 Å². The zero-order chi connectivity index (χ0) is 30.2. The molecule has 0 bridgehead atoms. The molecule has 0 aromatic rings. The van der Waals surface area contributed by atoms with E-state index in [-0.39, 0.29) is 53.0 Å². The van der Waals surface area contributed by atoms with E-state index in [0.29, 0.717) is 25.4 Å². The molecule has 0 amide bonds. The number of allylic oxidation sites excluding steroid dienone is 2. The van der Waals surface area contributed by atoms with Crippen LogP contribution in [0.5, 0.6) is 0 Å². The molecule has 1 saturated heterocycles. The van der Waals surface area contributed by atoms with E-state index in [2.05, 4.69) is 27.7 Å². The van der Waals surface area contributed by atoms with Gasteiger partial charge in [-0.3, -0.25) is 19.2 Å². The molecule has 7 heteroatoms. The van der Waals surface area contributed by atoms with Crippen molar-refractivity contribution in [1.82, 2.24) is 0 Å². The van der Waals surface area contributed by atoms with E-state index in [0.717, 1.165) is 37.7 Å². The first-order valence-corrected chi connectivity index (χ1v) is 15.5. The minimum atomic E-state index is -1.42. The molecule has 0 radical (unpaired) electrons. The lowest BCUT2D eigenvalue weighted by Gasteiger charge is -2.70. The Labute approximate surface area is 243 Å². The number of carboxylic acid groups (broad SMARTS) is 1. The summed E-state index contributed by atoms with van der Waals surface area (Å²) in [5.41, 5.74) is -4.51. The number of ether oxygens (including phenoxy) is 1. The Bertz CT molecular complexity index is 1310. The predicted molar refractivity (Wildman–Crippen MR) is 151 cm³/mol. The maximum Gasteiger partial charge on any atom is 0.309 e. The summed E-state index contributed by atoms with van der Waals surface area (Å²) in [5.74, 6) is -1.27. The molecule has 5 aliphatic carbocycles. The molecular formula is C34H46O7. The van der Waals surface area contributed by atoms with Crippen LogP contribution in [0.4, 0.5) is 0 Å². The third-order valence-corrected chi connectivity index (χ3v) is 14.5. The SMILES string of the molecule is CC1(C)C2CC[C@]3(C)C(C(=O)C=C4[C@H]5C[C@@](C)(C(=O)O)CC[C@]5(C)CC[C@]43C)[C@@]2(C)CC(=O)[C@]12OC2(C=O)CC=O. The first-order chi connectivity index (χ1) is 18.9. The third kappa shape index (κ3) is 3.07. The van der Waals surface area contributed by atoms with Crippen molar-refractivity contribution in [2.45, 2.75) is 117 Å². The smallest absolute Gasteiger partial charge is 0.309 e. The average molecular weight is 567 g/mol. The van der Waals surface area contributed by atoms with E-state index in [4.69, 9.17) is 4.74 Å². The molecule has 1 aliphatic heterocycles. The van der Waals surface area contributed by atoms with E-state index in [1.165, 1.54) is 0 Å². The van der Waals surface area contributed by atoms with Crippen LogP contribution < -0.4 is 0 Å². The van der Waals surface area contributed by atoms with Gasteiger partial charge in [0.25, 0.3) is 0 Å². The first-order valence-electron chi connectivity index (χ1n) is 15.5. The van der Waals surface area contributed by atoms with Crippen molar-refractivity contribution in [3.63, 3.8) is 0 Å². The lowest BCUT2D eigenvalue weighted by atomic mass is 9.32. The van der Waals surface area contributed by atoms with Crippen LogP contribution in [-0.4, -0.2) is 46.4 Å². The summed E-state index contributed by atoms with van der Waals surface area (Å²) in [4.78, 5) is 64.7. The van der Waals surface area contributed by atoms with Gasteiger partial charge in [0.15, 0.2) is 29.1 Å². The van der Waals surface area contributed by atoms with Crippen molar-refractivity contribution >= 4 is 30.1 Å². The molecule has 5 fully saturated rings. The van der Waals surface area contributed by atoms with Gasteiger partial charge in [-0.2, -0.15) is 0 Å². The van der Waals surface area contributed by atoms with E-state index >= 15 is 0 Å². The third-order valence-electron chi connectivity index (χ3n) is 14.5. The van der Waals surface area contributed by atoms with E-state index in [1.54, 1.807) is 0 Å². The number of hydrogen-bond donors (Lipinski definition) is 1. The van der Waals surface area contributed by atoms with Crippen molar-refractivity contribution in [2.75, 3.05) is 0 Å². The van der Waals surface area contributed by atoms with Crippen LogP contribution in [0.1, 0.15) is 106 Å². The highest BCUT2D eigenvalue weighted by molar-refractivity contribution is 6.02. The fraction of sp³-hybridized carbons (Fsp3) is 0.794. The lowest BCUT2D eigenvalue weighted by molar-refractivity contribution is -0.196. The first kappa shape index (κ1) is 28.9. The molecule has 1 N–H and O–H groups in total. The summed E-state index contributed by atoms with van der Waals surface area (Å²) >= 11 is 0. The van der Waals surface area contributed by atoms with Gasteiger partial charge in [0.1, 0.15) is 6.29 Å². The largest absolute Gasteiger partial charge is 0.481 e. The average Bonchev–Trinajstić information content (AvgIpc) is 3.56. The predicted octanol–water partition coefficient (Wildman–Crippen LogP) is 5.53. The Morgan fingerprint density at radius 1 is 1.00 bits per heavy atom. The monoisotopic (exact) mass is 566 g/mol. The van der Waals surface area contributed by atoms with Gasteiger partial charge >= 0.3 is 5.97 Å². The van der Waals surface area contributed by atoms with Crippen molar-refractivity contribution in [3.05, 3.63) is 11.6 Å². The number of carboxylic acids is 1. The zero-order valence-electron chi connectivity index (χ0n) is 25.7. The van der Waals surface area contributed by atoms with Crippen LogP contribution in [0.2, 0.25) is 0 Å². The van der Waals surface area contributed by atoms with E-state index in [9.17, 15) is 29.1 Å². The Balaban J connectivity index is 1.45. The van der Waals surface area contributed by atoms with Crippen LogP contribution in [0.3, 0.4) is 0 Å². The number of Topliss-reactive ketones (excluding diaryl/α,β-unsaturated/α-hetero) is 1. The molecule has 3 unspecified atom stereocenters. The molecule has 4 saturated carbocycles. The van der Waals surface area contributed by atoms with Gasteiger partial charge in [-0.25, -0.2) is 0 Å². The number of rotatable bonds is 4. The summed E-state index contributed by atoms with van der Waals surface area (Å²) in [6, 6.07) is 0. The van der Waals surface area contributed by atoms with E-state index < -0.39 is 38.8 Å². The van der Waals surface area contributed by atoms with Crippen LogP contribution in [0.25, 0.3) is 0 Å². The van der Waals surface area contributed by atoms with Crippen LogP contribution in [-0.2, 0) is 28.7 Å². The summed E-state index contributed by atoms with van der Waals surface area (Å²) < 4.78 is 6.05. The van der Waals surface area contributed by atoms with Gasteiger partial charge in [0.05, 0.1) is 5.41 Å². The Morgan fingerprint density at radius 3 is 2.27 bits per heavy atom. The minimum Gasteiger partial charge on any atom is -0.481 e. The highest BCUT2D eigenvalue weighted by atomic mass is 16.6. The second kappa shape index (κ2) is 8.06. The normalized spacial score (nSPS) is 53.2. The lowest BCUT2D eigenvalue weighted by Crippen LogP contribution is -2.69. The minimum absolute atomic E-state index is 0.0277. The summed E-state index contributed by atoms with van der Waals surface area (Å²) in [6.07, 6.45) is 8.74. The van der Waals surface area contributed by atoms with Crippen LogP contribution in [0.15, 0.2) is 11.6 Å². The molecule has 1 heterocycles. The summed E-state index contributed by atoms with van der Waals surface area (Å²) in [7, 11) is 0. The van der Waals surface area contributed by atoms with Gasteiger partial charge < -0.3 is 14.6 Å². The molecular weight excluding hydrogens is 520 g/mol. The van der Waals surface area contributed by atoms with Crippen LogP contribution in [0, 0.1) is 50.2 Å². The number of aliphatic carboxylic acids is 1. The number of ketones is 2. The van der Waals surface area contributed by atoms with Gasteiger partial charge in [-0.15, -0.1) is 0 Å². The van der Waals surface area contributed by atoms with Crippen molar-refractivity contribution < 1.29 is 33.8 Å². The summed E-state index contributed by atoms with van der Waals surface area (Å²) in [5, 5.41) is 10.1. The Kier molecular flexibility index (Phi) is 5.69. The maximum absolute atomic E-state index is 14.5. The number of hydrogen-bond acceptors (Lipinski definition) is 6. The highest BCUT2D eigenvalue weighted by Gasteiger charge is 2.85. The number of aldehydes is 2. The van der Waals surface area contributed by atoms with Crippen molar-refractivity contribution in [1.29, 1.82) is 0 Å². The van der Waals surface area contributed by atoms with Crippen molar-refractivity contribution in [2.24, 2.45) is 50.2 Å². The molecule has 7 nitrogen and oxygen atoms in total. The number of carbonyl (C=O) groups excluding carboxylic acids is 4. The fourth-order valence-electron chi connectivity index (χ4n) is 11.9. The molecule has 6 rings (SSSR count). The van der Waals surface area contributed by atoms with Gasteiger partial charge in [-0.1, -0.05) is 47.1 Å². The summed E-state index contributed by atoms with van der Waals surface area (Å²) in [6.45, 7) is 14.8. The van der Waals surface area contributed by atoms with Gasteiger partial charge in [-0.05, 0) is 91.4 Å². The number of epoxide rings is 1. The fourth-order valence-corrected chi connectivity index (χ4v) is 11.9. The molecule has 224 valence electrons. The topological polar surface area (TPSA) is 118 Å². The van der Waals surface area contributed by atoms with Crippen LogP contribution >= 0.6 is 0 Å². The number of carbonyl (C=O) groups is 5. The molecule has 10 atom stereocenters. The highest BCUT2D eigenvalue weighted by Crippen LogP contribution is 2.78. The Hall–Kier alpha value is -2.15. The quantitative estimate of drug-likeness (QED) is 0.351. The zero-order valence-corrected chi connectivity index (χ0v) is 25.7. The second-order valence-electron chi connectivity index (χ2n) is 16.5. The molecule has 0 aromatic heterocycles. The molecule has 1 spiro atoms. The molecule has 0 aromatic carbocycles. The number of fused-ring (bicyclic) bond motifs is 7. The second-order valence-corrected chi connectivity index (χ2v) is 16.5. The Morgan fingerprint density at radius 2 is 1.66 bits per heavy atom. The van der Waals surface area contributed by atoms with Gasteiger partial charge in [0.2, 0.25) is 0 Å².